The molecule has 0 aliphatic carbocycles. The summed E-state index contributed by atoms with van der Waals surface area (Å²) in [7, 11) is 0. The summed E-state index contributed by atoms with van der Waals surface area (Å²) < 4.78 is 10.2. The van der Waals surface area contributed by atoms with Crippen molar-refractivity contribution in [1.29, 1.82) is 0 Å². The predicted octanol–water partition coefficient (Wildman–Crippen LogP) is 11.3. The number of furan rings is 1. The number of hydrogen-bond acceptors (Lipinski definition) is 4. The molecule has 0 amide bonds. The van der Waals surface area contributed by atoms with E-state index < -0.39 is 13.3 Å². The molecule has 1 radical (unpaired) electrons. The summed E-state index contributed by atoms with van der Waals surface area (Å²) in [6.07, 6.45) is 3.27. The van der Waals surface area contributed by atoms with Crippen molar-refractivity contribution in [2.45, 2.75) is 90.5 Å². The van der Waals surface area contributed by atoms with Crippen molar-refractivity contribution in [2.75, 3.05) is 0 Å². The minimum atomic E-state index is -1.86. The fourth-order valence-electron chi connectivity index (χ4n) is 6.72. The SMILES string of the molecule is CC(C)Cc1cc(-c2[c-]cccc2)nc[c]1[Ge]([CH3])([CH3])[CH3].Cc1c[c-]c(-c2nc3ccccc3n2C(C)(C)C)c2oc3nc(C(C)C)ccc3c12.[Ir]. The Morgan fingerprint density at radius 2 is 1.63 bits per heavy atom. The van der Waals surface area contributed by atoms with E-state index in [1.165, 1.54) is 5.56 Å². The normalized spacial score (nSPS) is 12.1. The van der Waals surface area contributed by atoms with Gasteiger partial charge in [-0.15, -0.1) is 17.7 Å². The zero-order valence-electron chi connectivity index (χ0n) is 31.9. The molecule has 3 aromatic carbocycles. The van der Waals surface area contributed by atoms with E-state index in [9.17, 15) is 0 Å². The van der Waals surface area contributed by atoms with Crippen LogP contribution in [0.15, 0.2) is 83.4 Å². The first-order valence-electron chi connectivity index (χ1n) is 17.8. The quantitative estimate of drug-likeness (QED) is 0.123. The van der Waals surface area contributed by atoms with Crippen LogP contribution in [0.5, 0.6) is 0 Å². The van der Waals surface area contributed by atoms with Crippen LogP contribution in [0.3, 0.4) is 0 Å². The van der Waals surface area contributed by atoms with Crippen LogP contribution in [-0.4, -0.2) is 32.8 Å². The van der Waals surface area contributed by atoms with Crippen LogP contribution >= 0.6 is 0 Å². The molecule has 0 N–H and O–H groups in total. The average molecular weight is 916 g/mol. The molecule has 0 aliphatic heterocycles. The van der Waals surface area contributed by atoms with Crippen LogP contribution in [0.25, 0.3) is 55.7 Å². The summed E-state index contributed by atoms with van der Waals surface area (Å²) in [5, 5.41) is 2.13. The number of nitrogens with zero attached hydrogens (tertiary/aromatic N) is 4. The first-order valence-corrected chi connectivity index (χ1v) is 25.2. The van der Waals surface area contributed by atoms with E-state index >= 15 is 0 Å². The smallest absolute Gasteiger partial charge is 0.216 e. The molecular formula is C44H50GeIrN4O-2. The molecule has 5 nitrogen and oxygen atoms in total. The Kier molecular flexibility index (Phi) is 11.5. The molecule has 4 heterocycles. The fraction of sp³-hybridized carbons (Fsp3) is 0.341. The van der Waals surface area contributed by atoms with E-state index in [4.69, 9.17) is 19.4 Å². The van der Waals surface area contributed by atoms with Crippen molar-refractivity contribution in [3.63, 3.8) is 0 Å². The second-order valence-electron chi connectivity index (χ2n) is 16.2. The van der Waals surface area contributed by atoms with Gasteiger partial charge in [0.15, 0.2) is 0 Å². The molecular weight excluding hydrogens is 865 g/mol. The monoisotopic (exact) mass is 917 g/mol. The summed E-state index contributed by atoms with van der Waals surface area (Å²) in [5.74, 6) is 9.21. The van der Waals surface area contributed by atoms with Crippen molar-refractivity contribution < 1.29 is 24.5 Å². The molecule has 0 bridgehead atoms. The maximum Gasteiger partial charge on any atom is 0.216 e. The van der Waals surface area contributed by atoms with Gasteiger partial charge in [-0.05, 0) is 51.0 Å². The molecule has 4 aromatic heterocycles. The third kappa shape index (κ3) is 8.09. The van der Waals surface area contributed by atoms with Crippen molar-refractivity contribution >= 4 is 50.8 Å². The molecule has 7 heteroatoms. The zero-order chi connectivity index (χ0) is 36.0. The first-order chi connectivity index (χ1) is 23.6. The topological polar surface area (TPSA) is 56.7 Å². The summed E-state index contributed by atoms with van der Waals surface area (Å²) in [5.41, 5.74) is 10.1. The molecule has 267 valence electrons. The summed E-state index contributed by atoms with van der Waals surface area (Å²) in [6, 6.07) is 31.6. The number of aryl methyl sites for hydroxylation is 1. The van der Waals surface area contributed by atoms with Gasteiger partial charge in [0.2, 0.25) is 5.71 Å². The van der Waals surface area contributed by atoms with E-state index in [-0.39, 0.29) is 25.6 Å². The van der Waals surface area contributed by atoms with Gasteiger partial charge in [0.25, 0.3) is 0 Å². The van der Waals surface area contributed by atoms with Gasteiger partial charge in [0, 0.05) is 36.7 Å². The van der Waals surface area contributed by atoms with E-state index in [2.05, 4.69) is 138 Å². The Balaban J connectivity index is 0.000000211. The molecule has 0 aliphatic rings. The van der Waals surface area contributed by atoms with Crippen molar-refractivity contribution in [3.05, 3.63) is 108 Å². The Morgan fingerprint density at radius 1 is 0.902 bits per heavy atom. The molecule has 51 heavy (non-hydrogen) atoms. The van der Waals surface area contributed by atoms with Crippen LogP contribution in [0.1, 0.15) is 71.2 Å². The fourth-order valence-corrected chi connectivity index (χ4v) is 10.1. The molecule has 0 saturated heterocycles. The first kappa shape index (κ1) is 38.6. The number of para-hydroxylation sites is 2. The number of imidazole rings is 1. The number of hydrogen-bond donors (Lipinski definition) is 0. The molecule has 7 aromatic rings. The number of rotatable bonds is 6. The molecule has 0 unspecified atom stereocenters. The summed E-state index contributed by atoms with van der Waals surface area (Å²) >= 11 is -1.86. The predicted molar refractivity (Wildman–Crippen MR) is 213 cm³/mol. The molecule has 7 rings (SSSR count). The number of pyridine rings is 2. The summed E-state index contributed by atoms with van der Waals surface area (Å²) in [4.78, 5) is 14.5. The third-order valence-electron chi connectivity index (χ3n) is 9.09. The number of benzene rings is 3. The Bertz CT molecular complexity index is 2290. The average Bonchev–Trinajstić information content (AvgIpc) is 3.64. The minimum Gasteiger partial charge on any atom is -0.486 e. The third-order valence-corrected chi connectivity index (χ3v) is 13.4. The van der Waals surface area contributed by atoms with Gasteiger partial charge in [-0.2, -0.15) is 0 Å². The van der Waals surface area contributed by atoms with Crippen molar-refractivity contribution in [3.8, 4) is 22.6 Å². The van der Waals surface area contributed by atoms with Crippen LogP contribution < -0.4 is 4.40 Å². The standard InChI is InChI=1S/C26H26N3O.C18H24GeN.Ir/c1-15(2)19-14-13-17-22-16(3)11-12-18(23(22)30-25(17)28-19)24-27-20-9-7-8-10-21(20)29(24)26(4,5)6;1-14(2)11-16-12-18(15-9-7-6-8-10-15)20-13-17(16)19(3,4)5;/h7-11,13-15H,1-6H3;6-9,12-14H,11H2,1-5H3;/q2*-1;. The largest absolute Gasteiger partial charge is 0.486 e. The Labute approximate surface area is 320 Å². The molecule has 0 spiro atoms. The van der Waals surface area contributed by atoms with Gasteiger partial charge in [-0.1, -0.05) is 43.9 Å². The minimum absolute atomic E-state index is 0. The van der Waals surface area contributed by atoms with Crippen LogP contribution in [0.4, 0.5) is 0 Å². The van der Waals surface area contributed by atoms with Crippen molar-refractivity contribution in [1.82, 2.24) is 19.5 Å². The van der Waals surface area contributed by atoms with Gasteiger partial charge in [-0.25, -0.2) is 4.98 Å². The van der Waals surface area contributed by atoms with Crippen molar-refractivity contribution in [2.24, 2.45) is 5.92 Å². The van der Waals surface area contributed by atoms with Gasteiger partial charge >= 0.3 is 126 Å². The second kappa shape index (κ2) is 15.2. The van der Waals surface area contributed by atoms with E-state index in [0.29, 0.717) is 17.5 Å². The number of fused-ring (bicyclic) bond motifs is 4. The van der Waals surface area contributed by atoms with Gasteiger partial charge in [0.1, 0.15) is 0 Å². The second-order valence-corrected chi connectivity index (χ2v) is 26.7. The Hall–Kier alpha value is -3.58. The maximum atomic E-state index is 6.38. The molecule has 0 fully saturated rings. The molecule has 0 atom stereocenters. The summed E-state index contributed by atoms with van der Waals surface area (Å²) in [6.45, 7) is 17.6. The van der Waals surface area contributed by atoms with Gasteiger partial charge < -0.3 is 8.98 Å². The van der Waals surface area contributed by atoms with E-state index in [1.54, 1.807) is 4.40 Å². The Morgan fingerprint density at radius 3 is 2.27 bits per heavy atom. The number of aromatic nitrogens is 4. The zero-order valence-corrected chi connectivity index (χ0v) is 36.4. The van der Waals surface area contributed by atoms with E-state index in [1.807, 2.05) is 30.3 Å². The van der Waals surface area contributed by atoms with Gasteiger partial charge in [0.05, 0.1) is 22.4 Å². The maximum absolute atomic E-state index is 6.38. The van der Waals surface area contributed by atoms with Gasteiger partial charge in [-0.3, -0.25) is 4.98 Å². The van der Waals surface area contributed by atoms with Crippen LogP contribution in [-0.2, 0) is 32.1 Å². The molecule has 0 saturated carbocycles. The van der Waals surface area contributed by atoms with Crippen LogP contribution in [0.2, 0.25) is 17.3 Å². The van der Waals surface area contributed by atoms with E-state index in [0.717, 1.165) is 67.7 Å². The van der Waals surface area contributed by atoms with Crippen LogP contribution in [0, 0.1) is 25.0 Å².